The van der Waals surface area contributed by atoms with Crippen LogP contribution in [-0.4, -0.2) is 63.2 Å². The summed E-state index contributed by atoms with van der Waals surface area (Å²) < 4.78 is 28.1. The van der Waals surface area contributed by atoms with Gasteiger partial charge in [0, 0.05) is 25.2 Å². The highest BCUT2D eigenvalue weighted by atomic mass is 32.2. The van der Waals surface area contributed by atoms with Gasteiger partial charge in [-0.1, -0.05) is 0 Å². The van der Waals surface area contributed by atoms with Crippen molar-refractivity contribution in [3.05, 3.63) is 0 Å². The van der Waals surface area contributed by atoms with E-state index in [1.165, 1.54) is 0 Å². The van der Waals surface area contributed by atoms with Crippen LogP contribution in [0.5, 0.6) is 0 Å². The molecule has 0 radical (unpaired) electrons. The van der Waals surface area contributed by atoms with Gasteiger partial charge >= 0.3 is 0 Å². The highest BCUT2D eigenvalue weighted by molar-refractivity contribution is 7.91. The van der Waals surface area contributed by atoms with Crippen molar-refractivity contribution in [2.75, 3.05) is 37.8 Å². The number of ether oxygens (including phenoxy) is 1. The molecule has 2 aliphatic heterocycles. The lowest BCUT2D eigenvalue weighted by Crippen LogP contribution is -2.54. The third-order valence-corrected chi connectivity index (χ3v) is 4.97. The maximum atomic E-state index is 11.4. The number of rotatable bonds is 2. The van der Waals surface area contributed by atoms with E-state index < -0.39 is 9.84 Å². The minimum atomic E-state index is -2.80. The molecule has 0 aromatic rings. The Bertz CT molecular complexity index is 317. The molecule has 2 rings (SSSR count). The van der Waals surface area contributed by atoms with Gasteiger partial charge in [0.05, 0.1) is 24.7 Å². The molecular formula is C9H18N2O3S. The molecule has 0 amide bonds. The second kappa shape index (κ2) is 4.37. The smallest absolute Gasteiger partial charge is 0.151 e. The first-order valence-corrected chi connectivity index (χ1v) is 7.18. The van der Waals surface area contributed by atoms with Gasteiger partial charge in [-0.2, -0.15) is 0 Å². The Hall–Kier alpha value is -0.170. The predicted octanol–water partition coefficient (Wildman–Crippen LogP) is -1.17. The molecule has 0 aromatic carbocycles. The van der Waals surface area contributed by atoms with E-state index in [-0.39, 0.29) is 12.1 Å². The van der Waals surface area contributed by atoms with Crippen LogP contribution in [0.2, 0.25) is 0 Å². The quantitative estimate of drug-likeness (QED) is 0.652. The van der Waals surface area contributed by atoms with Gasteiger partial charge < -0.3 is 10.5 Å². The van der Waals surface area contributed by atoms with Gasteiger partial charge in [0.2, 0.25) is 0 Å². The van der Waals surface area contributed by atoms with Crippen molar-refractivity contribution < 1.29 is 13.2 Å². The molecule has 2 fully saturated rings. The second-order valence-corrected chi connectivity index (χ2v) is 6.49. The van der Waals surface area contributed by atoms with E-state index in [1.54, 1.807) is 0 Å². The van der Waals surface area contributed by atoms with Crippen molar-refractivity contribution in [1.29, 1.82) is 0 Å². The van der Waals surface area contributed by atoms with Crippen molar-refractivity contribution in [2.45, 2.75) is 18.5 Å². The molecule has 2 unspecified atom stereocenters. The van der Waals surface area contributed by atoms with Crippen LogP contribution in [0.25, 0.3) is 0 Å². The zero-order valence-corrected chi connectivity index (χ0v) is 9.58. The van der Waals surface area contributed by atoms with Crippen molar-refractivity contribution in [2.24, 2.45) is 5.73 Å². The summed E-state index contributed by atoms with van der Waals surface area (Å²) in [6.07, 6.45) is 0.749. The summed E-state index contributed by atoms with van der Waals surface area (Å²) >= 11 is 0. The molecule has 88 valence electrons. The lowest BCUT2D eigenvalue weighted by Gasteiger charge is -2.38. The van der Waals surface area contributed by atoms with Crippen LogP contribution >= 0.6 is 0 Å². The Kier molecular flexibility index (Phi) is 3.30. The summed E-state index contributed by atoms with van der Waals surface area (Å²) in [4.78, 5) is 2.22. The molecule has 2 saturated heterocycles. The average molecular weight is 234 g/mol. The fourth-order valence-corrected chi connectivity index (χ4v) is 4.13. The first-order valence-electron chi connectivity index (χ1n) is 5.36. The summed E-state index contributed by atoms with van der Waals surface area (Å²) in [5.41, 5.74) is 5.66. The molecule has 2 N–H and O–H groups in total. The zero-order chi connectivity index (χ0) is 10.9. The van der Waals surface area contributed by atoms with Crippen LogP contribution in [0.1, 0.15) is 6.42 Å². The van der Waals surface area contributed by atoms with Gasteiger partial charge in [0.15, 0.2) is 9.84 Å². The first-order chi connectivity index (χ1) is 7.12. The van der Waals surface area contributed by atoms with Gasteiger partial charge in [-0.15, -0.1) is 0 Å². The lowest BCUT2D eigenvalue weighted by atomic mass is 10.1. The van der Waals surface area contributed by atoms with E-state index in [0.717, 1.165) is 13.0 Å². The van der Waals surface area contributed by atoms with Gasteiger partial charge in [-0.25, -0.2) is 8.42 Å². The van der Waals surface area contributed by atoms with Crippen LogP contribution in [-0.2, 0) is 14.6 Å². The minimum absolute atomic E-state index is 0.160. The Labute approximate surface area is 90.5 Å². The standard InChI is InChI=1S/C9H18N2O3S/c10-5-9-6-14-3-2-11(9)8-1-4-15(12,13)7-8/h8-9H,1-7,10H2. The highest BCUT2D eigenvalue weighted by Gasteiger charge is 2.36. The molecule has 2 aliphatic rings. The van der Waals surface area contributed by atoms with Gasteiger partial charge in [-0.3, -0.25) is 4.90 Å². The summed E-state index contributed by atoms with van der Waals surface area (Å²) in [7, 11) is -2.80. The Morgan fingerprint density at radius 3 is 2.87 bits per heavy atom. The fourth-order valence-electron chi connectivity index (χ4n) is 2.39. The van der Waals surface area contributed by atoms with Crippen LogP contribution in [0.3, 0.4) is 0 Å². The van der Waals surface area contributed by atoms with Gasteiger partial charge in [-0.05, 0) is 6.42 Å². The summed E-state index contributed by atoms with van der Waals surface area (Å²) in [5.74, 6) is 0.621. The molecule has 0 aromatic heterocycles. The molecule has 2 heterocycles. The highest BCUT2D eigenvalue weighted by Crippen LogP contribution is 2.21. The third-order valence-electron chi connectivity index (χ3n) is 3.22. The van der Waals surface area contributed by atoms with E-state index in [9.17, 15) is 8.42 Å². The number of hydrogen-bond acceptors (Lipinski definition) is 5. The molecule has 0 saturated carbocycles. The van der Waals surface area contributed by atoms with Crippen molar-refractivity contribution in [3.63, 3.8) is 0 Å². The van der Waals surface area contributed by atoms with Crippen LogP contribution in [0, 0.1) is 0 Å². The summed E-state index contributed by atoms with van der Waals surface area (Å²) in [5, 5.41) is 0. The summed E-state index contributed by atoms with van der Waals surface area (Å²) in [6, 6.07) is 0.351. The number of hydrogen-bond donors (Lipinski definition) is 1. The van der Waals surface area contributed by atoms with E-state index in [1.807, 2.05) is 0 Å². The molecule has 0 aliphatic carbocycles. The predicted molar refractivity (Wildman–Crippen MR) is 57.4 cm³/mol. The fraction of sp³-hybridized carbons (Fsp3) is 1.00. The molecule has 5 nitrogen and oxygen atoms in total. The van der Waals surface area contributed by atoms with Gasteiger partial charge in [0.1, 0.15) is 0 Å². The third kappa shape index (κ3) is 2.50. The molecule has 15 heavy (non-hydrogen) atoms. The molecule has 0 spiro atoms. The number of morpholine rings is 1. The normalized spacial score (nSPS) is 36.9. The SMILES string of the molecule is NCC1COCCN1C1CCS(=O)(=O)C1. The van der Waals surface area contributed by atoms with Crippen molar-refractivity contribution in [3.8, 4) is 0 Å². The van der Waals surface area contributed by atoms with Crippen molar-refractivity contribution in [1.82, 2.24) is 4.90 Å². The van der Waals surface area contributed by atoms with Gasteiger partial charge in [0.25, 0.3) is 0 Å². The number of nitrogens with two attached hydrogens (primary N) is 1. The molecular weight excluding hydrogens is 216 g/mol. The molecule has 6 heteroatoms. The Morgan fingerprint density at radius 2 is 2.27 bits per heavy atom. The first kappa shape index (κ1) is 11.3. The topological polar surface area (TPSA) is 72.6 Å². The van der Waals surface area contributed by atoms with Crippen LogP contribution < -0.4 is 5.73 Å². The van der Waals surface area contributed by atoms with Crippen LogP contribution in [0.15, 0.2) is 0 Å². The Morgan fingerprint density at radius 1 is 1.47 bits per heavy atom. The van der Waals surface area contributed by atoms with Crippen LogP contribution in [0.4, 0.5) is 0 Å². The maximum Gasteiger partial charge on any atom is 0.151 e. The van der Waals surface area contributed by atoms with E-state index in [2.05, 4.69) is 4.90 Å². The molecule has 0 bridgehead atoms. The largest absolute Gasteiger partial charge is 0.378 e. The minimum Gasteiger partial charge on any atom is -0.378 e. The van der Waals surface area contributed by atoms with Crippen molar-refractivity contribution >= 4 is 9.84 Å². The number of sulfone groups is 1. The molecule has 2 atom stereocenters. The number of nitrogens with zero attached hydrogens (tertiary/aromatic N) is 1. The summed E-state index contributed by atoms with van der Waals surface area (Å²) in [6.45, 7) is 2.67. The van der Waals surface area contributed by atoms with E-state index in [4.69, 9.17) is 10.5 Å². The Balaban J connectivity index is 2.03. The van der Waals surface area contributed by atoms with E-state index >= 15 is 0 Å². The van der Waals surface area contributed by atoms with E-state index in [0.29, 0.717) is 31.3 Å². The lowest BCUT2D eigenvalue weighted by molar-refractivity contribution is -0.0204. The average Bonchev–Trinajstić information content (AvgIpc) is 2.59. The monoisotopic (exact) mass is 234 g/mol. The maximum absolute atomic E-state index is 11.4. The second-order valence-electron chi connectivity index (χ2n) is 4.26. The zero-order valence-electron chi connectivity index (χ0n) is 8.76.